The highest BCUT2D eigenvalue weighted by molar-refractivity contribution is 6.34. The van der Waals surface area contributed by atoms with Crippen molar-refractivity contribution in [2.75, 3.05) is 31.4 Å². The van der Waals surface area contributed by atoms with Crippen molar-refractivity contribution in [1.82, 2.24) is 4.98 Å². The van der Waals surface area contributed by atoms with Crippen molar-refractivity contribution >= 4 is 28.9 Å². The number of amides is 1. The lowest BCUT2D eigenvalue weighted by molar-refractivity contribution is -0.139. The third-order valence-electron chi connectivity index (χ3n) is 4.55. The van der Waals surface area contributed by atoms with Gasteiger partial charge in [0.25, 0.3) is 5.91 Å². The van der Waals surface area contributed by atoms with Crippen molar-refractivity contribution in [3.8, 4) is 17.0 Å². The molecule has 0 saturated carbocycles. The van der Waals surface area contributed by atoms with Gasteiger partial charge in [-0.1, -0.05) is 11.6 Å². The molecule has 12 heteroatoms. The number of methoxy groups -OCH3 is 1. The van der Waals surface area contributed by atoms with E-state index in [9.17, 15) is 26.7 Å². The molecule has 0 aliphatic rings. The van der Waals surface area contributed by atoms with Gasteiger partial charge in [0.1, 0.15) is 23.8 Å². The quantitative estimate of drug-likeness (QED) is 0.251. The Balaban J connectivity index is 1.88. The number of anilines is 2. The summed E-state index contributed by atoms with van der Waals surface area (Å²) in [6, 6.07) is 5.87. The van der Waals surface area contributed by atoms with Crippen LogP contribution >= 0.6 is 11.6 Å². The Kier molecular flexibility index (Phi) is 7.57. The fraction of sp³-hybridized carbons (Fsp3) is 0.182. The van der Waals surface area contributed by atoms with Gasteiger partial charge in [-0.05, 0) is 36.4 Å². The Hall–Kier alpha value is -3.44. The Morgan fingerprint density at radius 3 is 2.50 bits per heavy atom. The Morgan fingerprint density at radius 1 is 1.12 bits per heavy atom. The molecule has 0 spiro atoms. The first-order valence-electron chi connectivity index (χ1n) is 9.56. The standard InChI is InChI=1S/C22H17ClF5N3O3/c1-33-4-5-34-21-16(22(26,27)28)7-12(10-30-21)31-20(32)15-9-18(25)14(8-17(15)23)13-3-2-11(24)6-19(13)29/h2-3,6-10H,4-5,29H2,1H3,(H,31,32). The third kappa shape index (κ3) is 5.72. The summed E-state index contributed by atoms with van der Waals surface area (Å²) in [5.41, 5.74) is 3.85. The molecule has 1 heterocycles. The molecular weight excluding hydrogens is 485 g/mol. The van der Waals surface area contributed by atoms with Gasteiger partial charge in [0.05, 0.1) is 29.1 Å². The van der Waals surface area contributed by atoms with Gasteiger partial charge < -0.3 is 20.5 Å². The van der Waals surface area contributed by atoms with Gasteiger partial charge in [-0.15, -0.1) is 0 Å². The second kappa shape index (κ2) is 10.2. The Bertz CT molecular complexity index is 1220. The molecule has 0 saturated heterocycles. The van der Waals surface area contributed by atoms with Gasteiger partial charge >= 0.3 is 6.18 Å². The first-order chi connectivity index (χ1) is 16.0. The number of halogens is 6. The van der Waals surface area contributed by atoms with Gasteiger partial charge in [-0.3, -0.25) is 4.79 Å². The molecule has 3 aromatic rings. The molecule has 0 unspecified atom stereocenters. The maximum absolute atomic E-state index is 14.7. The zero-order valence-electron chi connectivity index (χ0n) is 17.5. The number of hydrogen-bond acceptors (Lipinski definition) is 5. The SMILES string of the molecule is COCCOc1ncc(NC(=O)c2cc(F)c(-c3ccc(F)cc3N)cc2Cl)cc1C(F)(F)F. The van der Waals surface area contributed by atoms with Crippen LogP contribution < -0.4 is 15.8 Å². The normalized spacial score (nSPS) is 11.4. The largest absolute Gasteiger partial charge is 0.475 e. The van der Waals surface area contributed by atoms with Crippen LogP contribution in [0.5, 0.6) is 5.88 Å². The van der Waals surface area contributed by atoms with Crippen LogP contribution in [-0.4, -0.2) is 31.2 Å². The Morgan fingerprint density at radius 2 is 1.85 bits per heavy atom. The number of nitrogens with two attached hydrogens (primary N) is 1. The summed E-state index contributed by atoms with van der Waals surface area (Å²) in [6.07, 6.45) is -3.87. The van der Waals surface area contributed by atoms with Crippen molar-refractivity contribution < 1.29 is 36.2 Å². The molecule has 0 aliphatic carbocycles. The number of carbonyl (C=O) groups is 1. The van der Waals surface area contributed by atoms with Gasteiger partial charge in [-0.25, -0.2) is 13.8 Å². The number of nitrogens with zero attached hydrogens (tertiary/aromatic N) is 1. The summed E-state index contributed by atoms with van der Waals surface area (Å²) in [4.78, 5) is 16.2. The lowest BCUT2D eigenvalue weighted by Gasteiger charge is -2.15. The van der Waals surface area contributed by atoms with Crippen molar-refractivity contribution in [3.63, 3.8) is 0 Å². The highest BCUT2D eigenvalue weighted by Crippen LogP contribution is 2.37. The summed E-state index contributed by atoms with van der Waals surface area (Å²) >= 11 is 6.13. The summed E-state index contributed by atoms with van der Waals surface area (Å²) in [5.74, 6) is -3.19. The van der Waals surface area contributed by atoms with E-state index in [0.29, 0.717) is 6.07 Å². The molecule has 0 atom stereocenters. The molecule has 3 rings (SSSR count). The summed E-state index contributed by atoms with van der Waals surface area (Å²) in [5, 5.41) is 2.00. The fourth-order valence-electron chi connectivity index (χ4n) is 2.96. The number of benzene rings is 2. The minimum Gasteiger partial charge on any atom is -0.475 e. The van der Waals surface area contributed by atoms with E-state index in [2.05, 4.69) is 10.3 Å². The summed E-state index contributed by atoms with van der Waals surface area (Å²) < 4.78 is 78.0. The van der Waals surface area contributed by atoms with Crippen LogP contribution in [0, 0.1) is 11.6 Å². The maximum Gasteiger partial charge on any atom is 0.421 e. The van der Waals surface area contributed by atoms with Crippen LogP contribution in [0.25, 0.3) is 11.1 Å². The highest BCUT2D eigenvalue weighted by Gasteiger charge is 2.36. The van der Waals surface area contributed by atoms with Crippen molar-refractivity contribution in [2.45, 2.75) is 6.18 Å². The molecule has 0 aliphatic heterocycles. The van der Waals surface area contributed by atoms with Crippen LogP contribution in [0.2, 0.25) is 5.02 Å². The van der Waals surface area contributed by atoms with Crippen molar-refractivity contribution in [2.24, 2.45) is 0 Å². The van der Waals surface area contributed by atoms with Gasteiger partial charge in [0, 0.05) is 23.9 Å². The molecule has 1 amide bonds. The van der Waals surface area contributed by atoms with Crippen LogP contribution in [0.4, 0.5) is 33.3 Å². The van der Waals surface area contributed by atoms with Crippen molar-refractivity contribution in [3.05, 3.63) is 70.4 Å². The lowest BCUT2D eigenvalue weighted by atomic mass is 10.0. The molecule has 34 heavy (non-hydrogen) atoms. The Labute approximate surface area is 195 Å². The summed E-state index contributed by atoms with van der Waals surface area (Å²) in [7, 11) is 1.36. The topological polar surface area (TPSA) is 86.5 Å². The van der Waals surface area contributed by atoms with E-state index in [-0.39, 0.29) is 46.3 Å². The monoisotopic (exact) mass is 501 g/mol. The second-order valence-corrected chi connectivity index (χ2v) is 7.32. The number of carbonyl (C=O) groups excluding carboxylic acids is 1. The number of alkyl halides is 3. The lowest BCUT2D eigenvalue weighted by Crippen LogP contribution is -2.16. The highest BCUT2D eigenvalue weighted by atomic mass is 35.5. The molecule has 1 aromatic heterocycles. The minimum absolute atomic E-state index is 0.0428. The molecule has 2 aromatic carbocycles. The fourth-order valence-corrected chi connectivity index (χ4v) is 3.21. The predicted molar refractivity (Wildman–Crippen MR) is 116 cm³/mol. The van der Waals surface area contributed by atoms with E-state index in [1.54, 1.807) is 0 Å². The molecular formula is C22H17ClF5N3O3. The van der Waals surface area contributed by atoms with E-state index in [1.165, 1.54) is 13.2 Å². The molecule has 0 fully saturated rings. The van der Waals surface area contributed by atoms with E-state index in [0.717, 1.165) is 30.5 Å². The van der Waals surface area contributed by atoms with E-state index in [1.807, 2.05) is 0 Å². The van der Waals surface area contributed by atoms with Gasteiger partial charge in [0.15, 0.2) is 0 Å². The first-order valence-corrected chi connectivity index (χ1v) is 9.93. The van der Waals surface area contributed by atoms with Crippen LogP contribution in [-0.2, 0) is 10.9 Å². The number of nitrogen functional groups attached to an aromatic ring is 1. The third-order valence-corrected chi connectivity index (χ3v) is 4.86. The first kappa shape index (κ1) is 25.2. The minimum atomic E-state index is -4.82. The van der Waals surface area contributed by atoms with E-state index in [4.69, 9.17) is 26.8 Å². The zero-order chi connectivity index (χ0) is 25.0. The molecule has 3 N–H and O–H groups in total. The maximum atomic E-state index is 14.7. The zero-order valence-corrected chi connectivity index (χ0v) is 18.2. The molecule has 180 valence electrons. The number of hydrogen-bond donors (Lipinski definition) is 2. The number of aromatic nitrogens is 1. The van der Waals surface area contributed by atoms with Crippen LogP contribution in [0.15, 0.2) is 42.6 Å². The number of pyridine rings is 1. The molecule has 0 bridgehead atoms. The second-order valence-electron chi connectivity index (χ2n) is 6.91. The average Bonchev–Trinajstić information content (AvgIpc) is 2.75. The average molecular weight is 502 g/mol. The number of nitrogens with one attached hydrogen (secondary N) is 1. The van der Waals surface area contributed by atoms with E-state index >= 15 is 0 Å². The van der Waals surface area contributed by atoms with Crippen molar-refractivity contribution in [1.29, 1.82) is 0 Å². The number of rotatable bonds is 7. The van der Waals surface area contributed by atoms with Crippen LogP contribution in [0.3, 0.4) is 0 Å². The smallest absolute Gasteiger partial charge is 0.421 e. The predicted octanol–water partition coefficient (Wildman–Crippen LogP) is 5.56. The summed E-state index contributed by atoms with van der Waals surface area (Å²) in [6.45, 7) is -0.126. The molecule has 6 nitrogen and oxygen atoms in total. The number of ether oxygens (including phenoxy) is 2. The van der Waals surface area contributed by atoms with Gasteiger partial charge in [0.2, 0.25) is 5.88 Å². The van der Waals surface area contributed by atoms with Crippen LogP contribution in [0.1, 0.15) is 15.9 Å². The molecule has 0 radical (unpaired) electrons. The van der Waals surface area contributed by atoms with Gasteiger partial charge in [-0.2, -0.15) is 13.2 Å². The van der Waals surface area contributed by atoms with E-state index < -0.39 is 35.2 Å².